The molecule has 0 spiro atoms. The zero-order chi connectivity index (χ0) is 13.8. The second-order valence-corrected chi connectivity index (χ2v) is 6.18. The fraction of sp³-hybridized carbons (Fsp3) is 0.600. The molecule has 1 heterocycles. The van der Waals surface area contributed by atoms with Crippen LogP contribution in [0.1, 0.15) is 24.0 Å². The Morgan fingerprint density at radius 2 is 2.20 bits per heavy atom. The van der Waals surface area contributed by atoms with E-state index >= 15 is 0 Å². The molecule has 1 saturated heterocycles. The van der Waals surface area contributed by atoms with Crippen molar-refractivity contribution < 1.29 is 4.74 Å². The van der Waals surface area contributed by atoms with E-state index in [9.17, 15) is 0 Å². The summed E-state index contributed by atoms with van der Waals surface area (Å²) in [4.78, 5) is 2.48. The highest BCUT2D eigenvalue weighted by atomic mass is 79.9. The Kier molecular flexibility index (Phi) is 7.48. The van der Waals surface area contributed by atoms with Gasteiger partial charge in [0.1, 0.15) is 0 Å². The van der Waals surface area contributed by atoms with Crippen LogP contribution in [0.2, 0.25) is 0 Å². The summed E-state index contributed by atoms with van der Waals surface area (Å²) in [5.41, 5.74) is 8.56. The maximum Gasteiger partial charge on any atom is 0.0599 e. The van der Waals surface area contributed by atoms with E-state index < -0.39 is 0 Å². The maximum atomic E-state index is 5.91. The molecule has 0 amide bonds. The first kappa shape index (κ1) is 17.9. The number of hydrogen-bond acceptors (Lipinski definition) is 3. The SMILES string of the molecule is COC1CCN(Cc2ccc(Br)c(C)c2)C(CN)C1.Cl. The quantitative estimate of drug-likeness (QED) is 0.893. The molecule has 0 aliphatic carbocycles. The first-order chi connectivity index (χ1) is 9.13. The van der Waals surface area contributed by atoms with Crippen molar-refractivity contribution in [2.24, 2.45) is 5.73 Å². The average Bonchev–Trinajstić information content (AvgIpc) is 2.43. The van der Waals surface area contributed by atoms with Gasteiger partial charge in [-0.05, 0) is 37.0 Å². The van der Waals surface area contributed by atoms with Crippen molar-refractivity contribution in [3.63, 3.8) is 0 Å². The van der Waals surface area contributed by atoms with Crippen molar-refractivity contribution in [1.29, 1.82) is 0 Å². The summed E-state index contributed by atoms with van der Waals surface area (Å²) in [6, 6.07) is 7.00. The van der Waals surface area contributed by atoms with Gasteiger partial charge in [0.2, 0.25) is 0 Å². The zero-order valence-corrected chi connectivity index (χ0v) is 14.5. The number of likely N-dealkylation sites (tertiary alicyclic amines) is 1. The van der Waals surface area contributed by atoms with Crippen molar-refractivity contribution in [2.75, 3.05) is 20.2 Å². The van der Waals surface area contributed by atoms with Gasteiger partial charge in [0.25, 0.3) is 0 Å². The van der Waals surface area contributed by atoms with Gasteiger partial charge in [0.15, 0.2) is 0 Å². The largest absolute Gasteiger partial charge is 0.381 e. The van der Waals surface area contributed by atoms with E-state index in [1.54, 1.807) is 7.11 Å². The molecule has 1 fully saturated rings. The molecule has 0 bridgehead atoms. The van der Waals surface area contributed by atoms with Gasteiger partial charge in [0, 0.05) is 37.3 Å². The molecule has 114 valence electrons. The summed E-state index contributed by atoms with van der Waals surface area (Å²) in [7, 11) is 1.80. The van der Waals surface area contributed by atoms with E-state index in [0.717, 1.165) is 25.9 Å². The molecule has 0 saturated carbocycles. The zero-order valence-electron chi connectivity index (χ0n) is 12.1. The van der Waals surface area contributed by atoms with Crippen LogP contribution in [-0.2, 0) is 11.3 Å². The Morgan fingerprint density at radius 3 is 2.80 bits per heavy atom. The molecule has 2 N–H and O–H groups in total. The van der Waals surface area contributed by atoms with Gasteiger partial charge < -0.3 is 10.5 Å². The highest BCUT2D eigenvalue weighted by molar-refractivity contribution is 9.10. The molecule has 20 heavy (non-hydrogen) atoms. The van der Waals surface area contributed by atoms with Gasteiger partial charge in [0.05, 0.1) is 6.10 Å². The highest BCUT2D eigenvalue weighted by Crippen LogP contribution is 2.23. The molecule has 3 nitrogen and oxygen atoms in total. The van der Waals surface area contributed by atoms with Gasteiger partial charge in [-0.3, -0.25) is 4.90 Å². The second kappa shape index (κ2) is 8.35. The topological polar surface area (TPSA) is 38.5 Å². The normalized spacial score (nSPS) is 23.4. The number of rotatable bonds is 4. The van der Waals surface area contributed by atoms with E-state index in [1.165, 1.54) is 15.6 Å². The summed E-state index contributed by atoms with van der Waals surface area (Å²) in [5.74, 6) is 0. The van der Waals surface area contributed by atoms with Gasteiger partial charge in [-0.25, -0.2) is 0 Å². The van der Waals surface area contributed by atoms with Gasteiger partial charge in [-0.2, -0.15) is 0 Å². The Labute approximate surface area is 136 Å². The lowest BCUT2D eigenvalue weighted by Crippen LogP contribution is -2.47. The third-order valence-corrected chi connectivity index (χ3v) is 4.89. The Bertz CT molecular complexity index is 430. The minimum Gasteiger partial charge on any atom is -0.381 e. The third-order valence-electron chi connectivity index (χ3n) is 4.00. The molecular weight excluding hydrogens is 340 g/mol. The average molecular weight is 364 g/mol. The molecule has 1 aliphatic heterocycles. The number of methoxy groups -OCH3 is 1. The van der Waals surface area contributed by atoms with Crippen molar-refractivity contribution in [1.82, 2.24) is 4.90 Å². The molecule has 2 atom stereocenters. The van der Waals surface area contributed by atoms with Crippen LogP contribution in [0.5, 0.6) is 0 Å². The Balaban J connectivity index is 0.00000200. The van der Waals surface area contributed by atoms with E-state index in [0.29, 0.717) is 18.7 Å². The number of aryl methyl sites for hydroxylation is 1. The summed E-state index contributed by atoms with van der Waals surface area (Å²) < 4.78 is 6.64. The lowest BCUT2D eigenvalue weighted by atomic mass is 9.98. The van der Waals surface area contributed by atoms with Crippen LogP contribution in [0, 0.1) is 6.92 Å². The molecular formula is C15H24BrClN2O. The lowest BCUT2D eigenvalue weighted by Gasteiger charge is -2.38. The number of nitrogens with two attached hydrogens (primary N) is 1. The summed E-state index contributed by atoms with van der Waals surface area (Å²) in [5, 5.41) is 0. The number of nitrogens with zero attached hydrogens (tertiary/aromatic N) is 1. The standard InChI is InChI=1S/C15H23BrN2O.ClH/c1-11-7-12(3-4-15(11)16)10-18-6-5-14(19-2)8-13(18)9-17;/h3-4,7,13-14H,5-6,8-10,17H2,1-2H3;1H. The molecule has 1 aromatic carbocycles. The predicted octanol–water partition coefficient (Wildman–Crippen LogP) is 3.12. The van der Waals surface area contributed by atoms with Crippen molar-refractivity contribution in [3.8, 4) is 0 Å². The Morgan fingerprint density at radius 1 is 1.45 bits per heavy atom. The summed E-state index contributed by atoms with van der Waals surface area (Å²) in [6.45, 7) is 4.88. The van der Waals surface area contributed by atoms with Gasteiger partial charge >= 0.3 is 0 Å². The van der Waals surface area contributed by atoms with Crippen LogP contribution in [0.4, 0.5) is 0 Å². The molecule has 0 radical (unpaired) electrons. The van der Waals surface area contributed by atoms with Gasteiger partial charge in [-0.15, -0.1) is 12.4 Å². The fourth-order valence-corrected chi connectivity index (χ4v) is 3.02. The highest BCUT2D eigenvalue weighted by Gasteiger charge is 2.27. The number of halogens is 2. The molecule has 5 heteroatoms. The van der Waals surface area contributed by atoms with Crippen LogP contribution >= 0.6 is 28.3 Å². The summed E-state index contributed by atoms with van der Waals surface area (Å²) in [6.07, 6.45) is 2.52. The molecule has 1 aromatic rings. The van der Waals surface area contributed by atoms with E-state index in [4.69, 9.17) is 10.5 Å². The first-order valence-electron chi connectivity index (χ1n) is 6.86. The van der Waals surface area contributed by atoms with Crippen molar-refractivity contribution in [2.45, 2.75) is 38.5 Å². The first-order valence-corrected chi connectivity index (χ1v) is 7.65. The smallest absolute Gasteiger partial charge is 0.0599 e. The van der Waals surface area contributed by atoms with Crippen LogP contribution in [0.25, 0.3) is 0 Å². The van der Waals surface area contributed by atoms with E-state index in [2.05, 4.69) is 46.0 Å². The van der Waals surface area contributed by atoms with Crippen LogP contribution < -0.4 is 5.73 Å². The molecule has 0 aromatic heterocycles. The minimum absolute atomic E-state index is 0. The van der Waals surface area contributed by atoms with Crippen molar-refractivity contribution in [3.05, 3.63) is 33.8 Å². The fourth-order valence-electron chi connectivity index (χ4n) is 2.77. The lowest BCUT2D eigenvalue weighted by molar-refractivity contribution is 0.0102. The third kappa shape index (κ3) is 4.43. The maximum absolute atomic E-state index is 5.91. The van der Waals surface area contributed by atoms with Crippen LogP contribution in [0.3, 0.4) is 0 Å². The minimum atomic E-state index is 0. The molecule has 2 unspecified atom stereocenters. The monoisotopic (exact) mass is 362 g/mol. The molecule has 2 rings (SSSR count). The number of ether oxygens (including phenoxy) is 1. The predicted molar refractivity (Wildman–Crippen MR) is 89.4 cm³/mol. The van der Waals surface area contributed by atoms with Gasteiger partial charge in [-0.1, -0.05) is 28.1 Å². The van der Waals surface area contributed by atoms with E-state index in [1.807, 2.05) is 0 Å². The summed E-state index contributed by atoms with van der Waals surface area (Å²) >= 11 is 3.55. The Hall–Kier alpha value is -0.130. The van der Waals surface area contributed by atoms with E-state index in [-0.39, 0.29) is 12.4 Å². The van der Waals surface area contributed by atoms with Crippen LogP contribution in [0.15, 0.2) is 22.7 Å². The second-order valence-electron chi connectivity index (χ2n) is 5.33. The molecule has 1 aliphatic rings. The number of piperidine rings is 1. The van der Waals surface area contributed by atoms with Crippen molar-refractivity contribution >= 4 is 28.3 Å². The number of benzene rings is 1. The van der Waals surface area contributed by atoms with Crippen LogP contribution in [-0.4, -0.2) is 37.2 Å². The number of hydrogen-bond donors (Lipinski definition) is 1.